The van der Waals surface area contributed by atoms with E-state index in [0.717, 1.165) is 43.5 Å². The van der Waals surface area contributed by atoms with Gasteiger partial charge in [-0.2, -0.15) is 13.2 Å². The van der Waals surface area contributed by atoms with E-state index in [9.17, 15) is 13.2 Å². The van der Waals surface area contributed by atoms with Gasteiger partial charge in [0.2, 0.25) is 0 Å². The average Bonchev–Trinajstić information content (AvgIpc) is 2.29. The van der Waals surface area contributed by atoms with Crippen LogP contribution in [-0.4, -0.2) is 12.6 Å². The molecule has 0 aromatic heterocycles. The van der Waals surface area contributed by atoms with Gasteiger partial charge in [0.25, 0.3) is 0 Å². The van der Waals surface area contributed by atoms with Gasteiger partial charge in [-0.05, 0) is 50.4 Å². The number of hydrogen-bond donors (Lipinski definition) is 1. The van der Waals surface area contributed by atoms with Crippen LogP contribution in [-0.2, 0) is 12.6 Å². The van der Waals surface area contributed by atoms with Crippen LogP contribution in [0.25, 0.3) is 0 Å². The van der Waals surface area contributed by atoms with Crippen molar-refractivity contribution >= 4 is 0 Å². The highest BCUT2D eigenvalue weighted by atomic mass is 19.4. The van der Waals surface area contributed by atoms with Gasteiger partial charge in [0.15, 0.2) is 0 Å². The Hall–Kier alpha value is -1.03. The standard InChI is InChI=1S/C14H20F3N/c1-3-18-11(2)5-4-6-12-7-9-13(10-8-12)14(15,16)17/h7-11,18H,3-6H2,1-2H3. The van der Waals surface area contributed by atoms with Gasteiger partial charge in [-0.15, -0.1) is 0 Å². The fraction of sp³-hybridized carbons (Fsp3) is 0.571. The van der Waals surface area contributed by atoms with Crippen LogP contribution in [0, 0.1) is 0 Å². The van der Waals surface area contributed by atoms with Crippen LogP contribution in [0.1, 0.15) is 37.8 Å². The SMILES string of the molecule is CCNC(C)CCCc1ccc(C(F)(F)F)cc1. The van der Waals surface area contributed by atoms with Crippen LogP contribution >= 0.6 is 0 Å². The van der Waals surface area contributed by atoms with Crippen LogP contribution in [0.2, 0.25) is 0 Å². The third-order valence-electron chi connectivity index (χ3n) is 2.94. The quantitative estimate of drug-likeness (QED) is 0.813. The summed E-state index contributed by atoms with van der Waals surface area (Å²) in [6, 6.07) is 5.91. The highest BCUT2D eigenvalue weighted by Crippen LogP contribution is 2.29. The van der Waals surface area contributed by atoms with Gasteiger partial charge < -0.3 is 5.32 Å². The van der Waals surface area contributed by atoms with E-state index >= 15 is 0 Å². The molecule has 1 N–H and O–H groups in total. The number of alkyl halides is 3. The van der Waals surface area contributed by atoms with E-state index in [-0.39, 0.29) is 0 Å². The largest absolute Gasteiger partial charge is 0.416 e. The van der Waals surface area contributed by atoms with Gasteiger partial charge >= 0.3 is 6.18 Å². The first-order chi connectivity index (χ1) is 8.43. The molecule has 18 heavy (non-hydrogen) atoms. The molecule has 0 aliphatic rings. The fourth-order valence-corrected chi connectivity index (χ4v) is 1.92. The Balaban J connectivity index is 2.40. The molecule has 0 saturated carbocycles. The van der Waals surface area contributed by atoms with E-state index in [4.69, 9.17) is 0 Å². The van der Waals surface area contributed by atoms with Crippen LogP contribution in [0.5, 0.6) is 0 Å². The lowest BCUT2D eigenvalue weighted by atomic mass is 10.0. The Morgan fingerprint density at radius 2 is 1.78 bits per heavy atom. The van der Waals surface area contributed by atoms with Crippen molar-refractivity contribution in [1.29, 1.82) is 0 Å². The lowest BCUT2D eigenvalue weighted by Gasteiger charge is -2.12. The van der Waals surface area contributed by atoms with Crippen molar-refractivity contribution < 1.29 is 13.2 Å². The summed E-state index contributed by atoms with van der Waals surface area (Å²) in [5.74, 6) is 0. The minimum atomic E-state index is -4.24. The summed E-state index contributed by atoms with van der Waals surface area (Å²) >= 11 is 0. The summed E-state index contributed by atoms with van der Waals surface area (Å²) in [6.45, 7) is 5.13. The Kier molecular flexibility index (Phi) is 5.66. The highest BCUT2D eigenvalue weighted by Gasteiger charge is 2.29. The van der Waals surface area contributed by atoms with Crippen LogP contribution in [0.4, 0.5) is 13.2 Å². The predicted molar refractivity (Wildman–Crippen MR) is 67.5 cm³/mol. The highest BCUT2D eigenvalue weighted by molar-refractivity contribution is 5.24. The number of hydrogen-bond acceptors (Lipinski definition) is 1. The molecule has 1 aromatic carbocycles. The van der Waals surface area contributed by atoms with Crippen molar-refractivity contribution in [2.75, 3.05) is 6.54 Å². The summed E-state index contributed by atoms with van der Waals surface area (Å²) in [7, 11) is 0. The van der Waals surface area contributed by atoms with E-state index in [1.54, 1.807) is 12.1 Å². The smallest absolute Gasteiger partial charge is 0.315 e. The molecule has 1 aromatic rings. The lowest BCUT2D eigenvalue weighted by Crippen LogP contribution is -2.25. The third kappa shape index (κ3) is 5.08. The molecule has 0 aliphatic heterocycles. The first kappa shape index (κ1) is 15.0. The molecule has 1 rings (SSSR count). The van der Waals surface area contributed by atoms with Crippen molar-refractivity contribution in [1.82, 2.24) is 5.32 Å². The van der Waals surface area contributed by atoms with E-state index in [1.807, 2.05) is 0 Å². The van der Waals surface area contributed by atoms with Crippen molar-refractivity contribution in [2.24, 2.45) is 0 Å². The van der Waals surface area contributed by atoms with Crippen LogP contribution in [0.3, 0.4) is 0 Å². The van der Waals surface area contributed by atoms with Crippen LogP contribution in [0.15, 0.2) is 24.3 Å². The van der Waals surface area contributed by atoms with Gasteiger partial charge in [0.05, 0.1) is 5.56 Å². The van der Waals surface area contributed by atoms with Gasteiger partial charge in [-0.1, -0.05) is 19.1 Å². The summed E-state index contributed by atoms with van der Waals surface area (Å²) in [5.41, 5.74) is 0.388. The molecular weight excluding hydrogens is 239 g/mol. The molecular formula is C14H20F3N. The minimum Gasteiger partial charge on any atom is -0.315 e. The van der Waals surface area contributed by atoms with E-state index in [0.29, 0.717) is 6.04 Å². The molecule has 4 heteroatoms. The Labute approximate surface area is 106 Å². The minimum absolute atomic E-state index is 0.462. The molecule has 102 valence electrons. The monoisotopic (exact) mass is 259 g/mol. The first-order valence-electron chi connectivity index (χ1n) is 6.33. The van der Waals surface area contributed by atoms with Crippen LogP contribution < -0.4 is 5.32 Å². The number of benzene rings is 1. The van der Waals surface area contributed by atoms with E-state index in [1.165, 1.54) is 0 Å². The van der Waals surface area contributed by atoms with Gasteiger partial charge in [-0.3, -0.25) is 0 Å². The molecule has 0 radical (unpaired) electrons. The molecule has 0 fully saturated rings. The molecule has 0 saturated heterocycles. The van der Waals surface area contributed by atoms with Crippen molar-refractivity contribution in [3.63, 3.8) is 0 Å². The summed E-state index contributed by atoms with van der Waals surface area (Å²) in [4.78, 5) is 0. The van der Waals surface area contributed by atoms with Gasteiger partial charge in [0, 0.05) is 6.04 Å². The molecule has 0 aliphatic carbocycles. The molecule has 1 atom stereocenters. The topological polar surface area (TPSA) is 12.0 Å². The Morgan fingerprint density at radius 3 is 2.28 bits per heavy atom. The molecule has 0 heterocycles. The predicted octanol–water partition coefficient (Wildman–Crippen LogP) is 4.03. The second-order valence-corrected chi connectivity index (χ2v) is 4.55. The van der Waals surface area contributed by atoms with Crippen molar-refractivity contribution in [3.05, 3.63) is 35.4 Å². The summed E-state index contributed by atoms with van der Waals surface area (Å²) in [6.07, 6.45) is -1.39. The zero-order valence-electron chi connectivity index (χ0n) is 10.8. The molecule has 0 spiro atoms. The Morgan fingerprint density at radius 1 is 1.17 bits per heavy atom. The number of aryl methyl sites for hydroxylation is 1. The fourth-order valence-electron chi connectivity index (χ4n) is 1.92. The zero-order chi connectivity index (χ0) is 13.6. The summed E-state index contributed by atoms with van der Waals surface area (Å²) < 4.78 is 37.1. The second kappa shape index (κ2) is 6.78. The number of halogens is 3. The van der Waals surface area contributed by atoms with Gasteiger partial charge in [0.1, 0.15) is 0 Å². The van der Waals surface area contributed by atoms with Crippen molar-refractivity contribution in [3.8, 4) is 0 Å². The Bertz CT molecular complexity index is 343. The molecule has 0 bridgehead atoms. The zero-order valence-corrected chi connectivity index (χ0v) is 10.8. The summed E-state index contributed by atoms with van der Waals surface area (Å²) in [5, 5.41) is 3.31. The van der Waals surface area contributed by atoms with Gasteiger partial charge in [-0.25, -0.2) is 0 Å². The first-order valence-corrected chi connectivity index (χ1v) is 6.33. The maximum Gasteiger partial charge on any atom is 0.416 e. The van der Waals surface area contributed by atoms with Crippen molar-refractivity contribution in [2.45, 2.75) is 45.3 Å². The second-order valence-electron chi connectivity index (χ2n) is 4.55. The molecule has 1 unspecified atom stereocenters. The number of nitrogens with one attached hydrogen (secondary N) is 1. The maximum atomic E-state index is 12.4. The molecule has 1 nitrogen and oxygen atoms in total. The third-order valence-corrected chi connectivity index (χ3v) is 2.94. The average molecular weight is 259 g/mol. The van der Waals surface area contributed by atoms with E-state index in [2.05, 4.69) is 19.2 Å². The normalized spacial score (nSPS) is 13.6. The molecule has 0 amide bonds. The maximum absolute atomic E-state index is 12.4. The lowest BCUT2D eigenvalue weighted by molar-refractivity contribution is -0.137. The number of rotatable bonds is 6. The van der Waals surface area contributed by atoms with E-state index < -0.39 is 11.7 Å².